The molecular formula is C17H18O3S. The Bertz CT molecular complexity index is 589. The van der Waals surface area contributed by atoms with Crippen LogP contribution in [0.15, 0.2) is 59.5 Å². The summed E-state index contributed by atoms with van der Waals surface area (Å²) in [5, 5.41) is 0. The SMILES string of the molecule is COC(OC)(C(=O)c1ccc(SC)cc1)c1ccccc1. The summed E-state index contributed by atoms with van der Waals surface area (Å²) in [5.41, 5.74) is 1.23. The molecule has 0 heterocycles. The maximum atomic E-state index is 12.9. The van der Waals surface area contributed by atoms with Crippen molar-refractivity contribution in [3.63, 3.8) is 0 Å². The number of ether oxygens (including phenoxy) is 2. The molecule has 110 valence electrons. The van der Waals surface area contributed by atoms with Crippen molar-refractivity contribution in [1.29, 1.82) is 0 Å². The summed E-state index contributed by atoms with van der Waals surface area (Å²) in [4.78, 5) is 14.0. The molecule has 2 aromatic carbocycles. The molecule has 0 amide bonds. The number of carbonyl (C=O) groups is 1. The zero-order valence-electron chi connectivity index (χ0n) is 12.3. The van der Waals surface area contributed by atoms with Crippen molar-refractivity contribution < 1.29 is 14.3 Å². The van der Waals surface area contributed by atoms with Crippen molar-refractivity contribution in [2.75, 3.05) is 20.5 Å². The van der Waals surface area contributed by atoms with E-state index in [1.165, 1.54) is 14.2 Å². The van der Waals surface area contributed by atoms with Gasteiger partial charge in [0.25, 0.3) is 5.79 Å². The highest BCUT2D eigenvalue weighted by Crippen LogP contribution is 2.30. The Labute approximate surface area is 129 Å². The fourth-order valence-corrected chi connectivity index (χ4v) is 2.63. The van der Waals surface area contributed by atoms with Gasteiger partial charge in [-0.3, -0.25) is 4.79 Å². The van der Waals surface area contributed by atoms with Gasteiger partial charge >= 0.3 is 0 Å². The average molecular weight is 302 g/mol. The Kier molecular flexibility index (Phi) is 5.17. The first-order chi connectivity index (χ1) is 10.2. The van der Waals surface area contributed by atoms with Gasteiger partial charge in [0.1, 0.15) is 0 Å². The molecule has 0 fully saturated rings. The van der Waals surface area contributed by atoms with E-state index in [2.05, 4.69) is 0 Å². The van der Waals surface area contributed by atoms with E-state index in [0.29, 0.717) is 11.1 Å². The van der Waals surface area contributed by atoms with Crippen LogP contribution in [-0.4, -0.2) is 26.3 Å². The highest BCUT2D eigenvalue weighted by Gasteiger charge is 2.41. The standard InChI is InChI=1S/C17H18O3S/c1-19-17(20-2,14-7-5-4-6-8-14)16(18)13-9-11-15(21-3)12-10-13/h4-12H,1-3H3. The highest BCUT2D eigenvalue weighted by atomic mass is 32.2. The second kappa shape index (κ2) is 6.89. The van der Waals surface area contributed by atoms with Crippen LogP contribution in [0.3, 0.4) is 0 Å². The number of hydrogen-bond acceptors (Lipinski definition) is 4. The van der Waals surface area contributed by atoms with E-state index in [0.717, 1.165) is 4.90 Å². The van der Waals surface area contributed by atoms with E-state index in [-0.39, 0.29) is 5.78 Å². The van der Waals surface area contributed by atoms with Crippen molar-refractivity contribution in [3.05, 3.63) is 65.7 Å². The average Bonchev–Trinajstić information content (AvgIpc) is 2.57. The lowest BCUT2D eigenvalue weighted by molar-refractivity contribution is -0.176. The van der Waals surface area contributed by atoms with E-state index in [1.54, 1.807) is 23.9 Å². The number of methoxy groups -OCH3 is 2. The third-order valence-corrected chi connectivity index (χ3v) is 4.12. The molecule has 2 aromatic rings. The molecule has 0 aliphatic carbocycles. The van der Waals surface area contributed by atoms with Crippen LogP contribution in [0.1, 0.15) is 15.9 Å². The van der Waals surface area contributed by atoms with Gasteiger partial charge in [-0.1, -0.05) is 42.5 Å². The number of thioether (sulfide) groups is 1. The molecule has 0 saturated carbocycles. The van der Waals surface area contributed by atoms with Crippen molar-refractivity contribution in [2.24, 2.45) is 0 Å². The van der Waals surface area contributed by atoms with Gasteiger partial charge in [-0.15, -0.1) is 11.8 Å². The summed E-state index contributed by atoms with van der Waals surface area (Å²) < 4.78 is 10.9. The zero-order valence-corrected chi connectivity index (χ0v) is 13.1. The molecule has 21 heavy (non-hydrogen) atoms. The van der Waals surface area contributed by atoms with Crippen LogP contribution in [0.2, 0.25) is 0 Å². The predicted molar refractivity (Wildman–Crippen MR) is 84.7 cm³/mol. The quantitative estimate of drug-likeness (QED) is 0.463. The first-order valence-corrected chi connectivity index (χ1v) is 7.75. The van der Waals surface area contributed by atoms with Gasteiger partial charge in [0.15, 0.2) is 0 Å². The number of ketones is 1. The molecule has 0 aliphatic rings. The van der Waals surface area contributed by atoms with Gasteiger partial charge in [-0.2, -0.15) is 0 Å². The molecule has 0 spiro atoms. The second-order valence-electron chi connectivity index (χ2n) is 4.45. The second-order valence-corrected chi connectivity index (χ2v) is 5.33. The van der Waals surface area contributed by atoms with Crippen molar-refractivity contribution in [1.82, 2.24) is 0 Å². The molecular weight excluding hydrogens is 284 g/mol. The van der Waals surface area contributed by atoms with Gasteiger partial charge in [-0.05, 0) is 18.4 Å². The molecule has 0 bridgehead atoms. The minimum Gasteiger partial charge on any atom is -0.343 e. The lowest BCUT2D eigenvalue weighted by Gasteiger charge is -2.29. The smallest absolute Gasteiger partial charge is 0.260 e. The molecule has 0 atom stereocenters. The predicted octanol–water partition coefficient (Wildman–Crippen LogP) is 3.74. The normalized spacial score (nSPS) is 11.4. The Balaban J connectivity index is 2.44. The molecule has 2 rings (SSSR count). The van der Waals surface area contributed by atoms with Gasteiger partial charge < -0.3 is 9.47 Å². The monoisotopic (exact) mass is 302 g/mol. The van der Waals surface area contributed by atoms with E-state index in [1.807, 2.05) is 48.7 Å². The summed E-state index contributed by atoms with van der Waals surface area (Å²) in [6, 6.07) is 16.7. The Morgan fingerprint density at radius 1 is 0.952 bits per heavy atom. The minimum atomic E-state index is -1.41. The van der Waals surface area contributed by atoms with Crippen molar-refractivity contribution in [3.8, 4) is 0 Å². The van der Waals surface area contributed by atoms with Crippen LogP contribution in [0, 0.1) is 0 Å². The van der Waals surface area contributed by atoms with Crippen LogP contribution >= 0.6 is 11.8 Å². The van der Waals surface area contributed by atoms with Gasteiger partial charge in [0.2, 0.25) is 5.78 Å². The topological polar surface area (TPSA) is 35.5 Å². The molecule has 4 heteroatoms. The Morgan fingerprint density at radius 3 is 2.00 bits per heavy atom. The van der Waals surface area contributed by atoms with E-state index in [4.69, 9.17) is 9.47 Å². The number of rotatable bonds is 6. The first-order valence-electron chi connectivity index (χ1n) is 6.52. The molecule has 0 radical (unpaired) electrons. The van der Waals surface area contributed by atoms with Crippen molar-refractivity contribution >= 4 is 17.5 Å². The van der Waals surface area contributed by atoms with Gasteiger partial charge in [0.05, 0.1) is 0 Å². The number of benzene rings is 2. The maximum Gasteiger partial charge on any atom is 0.260 e. The third-order valence-electron chi connectivity index (χ3n) is 3.38. The number of Topliss-reactive ketones (excluding diaryl/α,β-unsaturated/α-hetero) is 1. The minimum absolute atomic E-state index is 0.216. The molecule has 3 nitrogen and oxygen atoms in total. The summed E-state index contributed by atoms with van der Waals surface area (Å²) in [7, 11) is 2.95. The van der Waals surface area contributed by atoms with Gasteiger partial charge in [-0.25, -0.2) is 0 Å². The largest absolute Gasteiger partial charge is 0.343 e. The molecule has 0 aliphatic heterocycles. The number of hydrogen-bond donors (Lipinski definition) is 0. The summed E-state index contributed by atoms with van der Waals surface area (Å²) in [6.45, 7) is 0. The van der Waals surface area contributed by atoms with Crippen LogP contribution in [0.25, 0.3) is 0 Å². The van der Waals surface area contributed by atoms with E-state index >= 15 is 0 Å². The molecule has 0 unspecified atom stereocenters. The number of carbonyl (C=O) groups excluding carboxylic acids is 1. The lowest BCUT2D eigenvalue weighted by atomic mass is 9.96. The first kappa shape index (κ1) is 15.8. The van der Waals surface area contributed by atoms with Gasteiger partial charge in [0, 0.05) is 30.2 Å². The van der Waals surface area contributed by atoms with E-state index in [9.17, 15) is 4.79 Å². The molecule has 0 saturated heterocycles. The third kappa shape index (κ3) is 3.02. The van der Waals surface area contributed by atoms with Crippen LogP contribution < -0.4 is 0 Å². The zero-order chi connectivity index (χ0) is 15.3. The van der Waals surface area contributed by atoms with E-state index < -0.39 is 5.79 Å². The summed E-state index contributed by atoms with van der Waals surface area (Å²) in [5.74, 6) is -1.63. The van der Waals surface area contributed by atoms with Crippen LogP contribution in [0.4, 0.5) is 0 Å². The fourth-order valence-electron chi connectivity index (χ4n) is 2.23. The summed E-state index contributed by atoms with van der Waals surface area (Å²) >= 11 is 1.63. The van der Waals surface area contributed by atoms with Crippen molar-refractivity contribution in [2.45, 2.75) is 10.7 Å². The maximum absolute atomic E-state index is 12.9. The van der Waals surface area contributed by atoms with Crippen LogP contribution in [0.5, 0.6) is 0 Å². The lowest BCUT2D eigenvalue weighted by Crippen LogP contribution is -2.39. The Hall–Kier alpha value is -1.62. The fraction of sp³-hybridized carbons (Fsp3) is 0.235. The molecule has 0 N–H and O–H groups in total. The summed E-state index contributed by atoms with van der Waals surface area (Å²) in [6.07, 6.45) is 2.00. The van der Waals surface area contributed by atoms with Crippen LogP contribution in [-0.2, 0) is 15.3 Å². The Morgan fingerprint density at radius 2 is 1.52 bits per heavy atom. The highest BCUT2D eigenvalue weighted by molar-refractivity contribution is 7.98. The molecule has 0 aromatic heterocycles.